The van der Waals surface area contributed by atoms with Gasteiger partial charge in [0, 0.05) is 31.9 Å². The number of rotatable bonds is 37. The summed E-state index contributed by atoms with van der Waals surface area (Å²) >= 11 is 0. The number of carbonyl (C=O) groups is 3. The van der Waals surface area contributed by atoms with E-state index >= 15 is 0 Å². The van der Waals surface area contributed by atoms with Crippen LogP contribution < -0.4 is 0 Å². The molecule has 0 fully saturated rings. The van der Waals surface area contributed by atoms with Crippen LogP contribution in [-0.2, 0) is 41.6 Å². The molecule has 0 saturated heterocycles. The molecule has 54 heavy (non-hydrogen) atoms. The van der Waals surface area contributed by atoms with Crippen LogP contribution in [0.3, 0.4) is 0 Å². The number of Topliss-reactive ketones (excluding diaryl/α,β-unsaturated/α-hetero) is 1. The van der Waals surface area contributed by atoms with Gasteiger partial charge in [0.1, 0.15) is 12.2 Å². The number of aromatic nitrogens is 3. The van der Waals surface area contributed by atoms with Crippen molar-refractivity contribution in [1.29, 1.82) is 0 Å². The van der Waals surface area contributed by atoms with Crippen LogP contribution in [0.1, 0.15) is 214 Å². The molecule has 0 bridgehead atoms. The fourth-order valence-corrected chi connectivity index (χ4v) is 6.42. The van der Waals surface area contributed by atoms with Gasteiger partial charge in [0.05, 0.1) is 24.4 Å². The molecule has 1 N–H and O–H groups in total. The quantitative estimate of drug-likeness (QED) is 0.0520. The van der Waals surface area contributed by atoms with Crippen LogP contribution in [0.25, 0.3) is 0 Å². The number of hydrogen-bond acceptors (Lipinski definition) is 9. The Balaban J connectivity index is 2.55. The molecular formula is C44H81N3O7. The zero-order chi connectivity index (χ0) is 39.9. The molecule has 1 atom stereocenters. The zero-order valence-corrected chi connectivity index (χ0v) is 35.6. The Morgan fingerprint density at radius 3 is 1.63 bits per heavy atom. The summed E-state index contributed by atoms with van der Waals surface area (Å²) in [6, 6.07) is 0. The van der Waals surface area contributed by atoms with Crippen molar-refractivity contribution in [3.05, 3.63) is 11.9 Å². The van der Waals surface area contributed by atoms with Crippen LogP contribution in [0.5, 0.6) is 0 Å². The highest BCUT2D eigenvalue weighted by molar-refractivity contribution is 5.86. The number of ether oxygens (including phenoxy) is 3. The first-order valence-electron chi connectivity index (χ1n) is 22.0. The number of esters is 2. The molecule has 314 valence electrons. The predicted molar refractivity (Wildman–Crippen MR) is 217 cm³/mol. The van der Waals surface area contributed by atoms with Gasteiger partial charge in [-0.2, -0.15) is 0 Å². The molecule has 0 saturated carbocycles. The predicted octanol–water partition coefficient (Wildman–Crippen LogP) is 10.6. The fraction of sp³-hybridized carbons (Fsp3) is 0.886. The minimum Gasteiger partial charge on any atom is -0.462 e. The second-order valence-electron chi connectivity index (χ2n) is 16.6. The Kier molecular flexibility index (Phi) is 28.4. The van der Waals surface area contributed by atoms with Crippen molar-refractivity contribution in [2.45, 2.75) is 239 Å². The van der Waals surface area contributed by atoms with Crippen molar-refractivity contribution in [3.8, 4) is 0 Å². The molecule has 0 amide bonds. The summed E-state index contributed by atoms with van der Waals surface area (Å²) in [5, 5.41) is 18.4. The van der Waals surface area contributed by atoms with E-state index in [2.05, 4.69) is 24.2 Å². The lowest BCUT2D eigenvalue weighted by Crippen LogP contribution is -2.37. The second kappa shape index (κ2) is 30.8. The monoisotopic (exact) mass is 764 g/mol. The van der Waals surface area contributed by atoms with E-state index < -0.39 is 17.3 Å². The summed E-state index contributed by atoms with van der Waals surface area (Å²) in [7, 11) is 0. The van der Waals surface area contributed by atoms with E-state index in [9.17, 15) is 19.5 Å². The summed E-state index contributed by atoms with van der Waals surface area (Å²) in [4.78, 5) is 38.4. The molecule has 0 radical (unpaired) electrons. The molecule has 0 aliphatic rings. The number of ketones is 1. The number of carbonyl (C=O) groups excluding carboxylic acids is 3. The molecular weight excluding hydrogens is 682 g/mol. The van der Waals surface area contributed by atoms with Gasteiger partial charge in [-0.1, -0.05) is 147 Å². The van der Waals surface area contributed by atoms with Gasteiger partial charge < -0.3 is 19.3 Å². The van der Waals surface area contributed by atoms with Crippen LogP contribution in [0.2, 0.25) is 0 Å². The van der Waals surface area contributed by atoms with E-state index in [0.717, 1.165) is 38.5 Å². The molecule has 1 heterocycles. The molecule has 0 spiro atoms. The van der Waals surface area contributed by atoms with Crippen LogP contribution in [0, 0.1) is 0 Å². The van der Waals surface area contributed by atoms with E-state index in [1.165, 1.54) is 103 Å². The molecule has 1 aromatic heterocycles. The Morgan fingerprint density at radius 2 is 1.15 bits per heavy atom. The summed E-state index contributed by atoms with van der Waals surface area (Å²) in [6.07, 6.45) is 29.4. The topological polar surface area (TPSA) is 130 Å². The highest BCUT2D eigenvalue weighted by Gasteiger charge is 2.29. The van der Waals surface area contributed by atoms with E-state index in [4.69, 9.17) is 14.2 Å². The van der Waals surface area contributed by atoms with Gasteiger partial charge in [-0.15, -0.1) is 5.10 Å². The lowest BCUT2D eigenvalue weighted by molar-refractivity contribution is -0.160. The molecule has 0 aliphatic carbocycles. The van der Waals surface area contributed by atoms with Crippen molar-refractivity contribution in [3.63, 3.8) is 0 Å². The zero-order valence-electron chi connectivity index (χ0n) is 35.6. The summed E-state index contributed by atoms with van der Waals surface area (Å²) in [6.45, 7) is 11.8. The van der Waals surface area contributed by atoms with Gasteiger partial charge in [-0.25, -0.2) is 4.68 Å². The Morgan fingerprint density at radius 1 is 0.685 bits per heavy atom. The van der Waals surface area contributed by atoms with Crippen molar-refractivity contribution in [1.82, 2.24) is 15.0 Å². The number of aliphatic hydroxyl groups is 1. The van der Waals surface area contributed by atoms with Crippen LogP contribution in [0.15, 0.2) is 6.20 Å². The Labute approximate surface area is 329 Å². The largest absolute Gasteiger partial charge is 0.462 e. The first-order chi connectivity index (χ1) is 25.9. The number of hydrogen-bond donors (Lipinski definition) is 1. The third-order valence-electron chi connectivity index (χ3n) is 10.1. The molecule has 10 heteroatoms. The summed E-state index contributed by atoms with van der Waals surface area (Å²) in [5.41, 5.74) is -1.21. The smallest absolute Gasteiger partial charge is 0.306 e. The molecule has 0 aromatic carbocycles. The standard InChI is InChI=1S/C44H81N3O7/c1-7-9-11-13-15-17-19-21-23-25-27-29-41(49)52-37-39(54-42(50)30-28-26-24-22-20-18-16-14-12-10-8-2)36-47-35-38(45-46-47)31-32-40(48)44(5,6)53-34-33-43(3,4)51/h35,39,51H,7-34,36-37H2,1-6H3. The maximum atomic E-state index is 12.9. The normalized spacial score (nSPS) is 12.6. The number of aryl methyl sites for hydroxylation is 1. The molecule has 1 unspecified atom stereocenters. The van der Waals surface area contributed by atoms with Crippen LogP contribution in [-0.4, -0.2) is 68.3 Å². The molecule has 0 aliphatic heterocycles. The average molecular weight is 764 g/mol. The van der Waals surface area contributed by atoms with Gasteiger partial charge in [0.15, 0.2) is 11.9 Å². The second-order valence-corrected chi connectivity index (χ2v) is 16.6. The lowest BCUT2D eigenvalue weighted by Gasteiger charge is -2.26. The van der Waals surface area contributed by atoms with E-state index in [1.807, 2.05) is 0 Å². The third kappa shape index (κ3) is 28.1. The maximum Gasteiger partial charge on any atom is 0.306 e. The first kappa shape index (κ1) is 49.7. The number of unbranched alkanes of at least 4 members (excludes halogenated alkanes) is 20. The Hall–Kier alpha value is -2.33. The van der Waals surface area contributed by atoms with Crippen molar-refractivity contribution >= 4 is 17.7 Å². The Bertz CT molecular complexity index is 1100. The number of nitrogens with zero attached hydrogens (tertiary/aromatic N) is 3. The fourth-order valence-electron chi connectivity index (χ4n) is 6.42. The SMILES string of the molecule is CCCCCCCCCCCCCC(=O)OCC(Cn1cc(CCC(=O)C(C)(C)OCCC(C)(C)O)nn1)OC(=O)CCCCCCCCCCCCC. The third-order valence-corrected chi connectivity index (χ3v) is 10.1. The minimum atomic E-state index is -0.980. The van der Waals surface area contributed by atoms with Crippen molar-refractivity contribution in [2.75, 3.05) is 13.2 Å². The lowest BCUT2D eigenvalue weighted by atomic mass is 9.98. The van der Waals surface area contributed by atoms with Crippen molar-refractivity contribution in [2.24, 2.45) is 0 Å². The van der Waals surface area contributed by atoms with Gasteiger partial charge in [0.25, 0.3) is 0 Å². The van der Waals surface area contributed by atoms with Crippen LogP contribution >= 0.6 is 0 Å². The highest BCUT2D eigenvalue weighted by Crippen LogP contribution is 2.18. The van der Waals surface area contributed by atoms with Gasteiger partial charge >= 0.3 is 11.9 Å². The van der Waals surface area contributed by atoms with Gasteiger partial charge in [-0.05, 0) is 47.0 Å². The summed E-state index contributed by atoms with van der Waals surface area (Å²) < 4.78 is 18.8. The summed E-state index contributed by atoms with van der Waals surface area (Å²) in [5.74, 6) is -0.635. The average Bonchev–Trinajstić information content (AvgIpc) is 3.57. The minimum absolute atomic E-state index is 0.0370. The van der Waals surface area contributed by atoms with E-state index in [0.29, 0.717) is 31.4 Å². The molecule has 10 nitrogen and oxygen atoms in total. The van der Waals surface area contributed by atoms with Crippen molar-refractivity contribution < 1.29 is 33.7 Å². The highest BCUT2D eigenvalue weighted by atomic mass is 16.6. The first-order valence-corrected chi connectivity index (χ1v) is 22.0. The maximum absolute atomic E-state index is 12.9. The van der Waals surface area contributed by atoms with E-state index in [1.54, 1.807) is 38.6 Å². The molecule has 1 aromatic rings. The molecule has 1 rings (SSSR count). The van der Waals surface area contributed by atoms with Gasteiger partial charge in [0.2, 0.25) is 0 Å². The van der Waals surface area contributed by atoms with Crippen LogP contribution in [0.4, 0.5) is 0 Å². The van der Waals surface area contributed by atoms with E-state index in [-0.39, 0.29) is 43.9 Å². The van der Waals surface area contributed by atoms with Gasteiger partial charge in [-0.3, -0.25) is 14.4 Å².